The maximum atomic E-state index is 12.9. The van der Waals surface area contributed by atoms with Crippen LogP contribution in [0.2, 0.25) is 0 Å². The van der Waals surface area contributed by atoms with Crippen LogP contribution >= 0.6 is 0 Å². The average Bonchev–Trinajstić information content (AvgIpc) is 2.82. The van der Waals surface area contributed by atoms with E-state index in [0.717, 1.165) is 5.76 Å². The van der Waals surface area contributed by atoms with Gasteiger partial charge >= 0.3 is 5.97 Å². The minimum absolute atomic E-state index is 0.272. The van der Waals surface area contributed by atoms with Crippen LogP contribution in [0.25, 0.3) is 0 Å². The molecule has 0 fully saturated rings. The number of aliphatic carboxylic acids is 1. The standard InChI is InChI=1S/C15H16FNO3/c1-10-3-8-13(20-10)9-17-15(2,14(18)19)11-4-6-12(16)7-5-11/h3-8,17H,9H2,1-2H3,(H,18,19). The van der Waals surface area contributed by atoms with Crippen molar-refractivity contribution in [3.8, 4) is 0 Å². The molecule has 0 saturated carbocycles. The zero-order chi connectivity index (χ0) is 14.8. The lowest BCUT2D eigenvalue weighted by molar-refractivity contribution is -0.144. The van der Waals surface area contributed by atoms with E-state index < -0.39 is 17.3 Å². The minimum Gasteiger partial charge on any atom is -0.480 e. The largest absolute Gasteiger partial charge is 0.480 e. The Kier molecular flexibility index (Phi) is 3.90. The molecule has 20 heavy (non-hydrogen) atoms. The van der Waals surface area contributed by atoms with Crippen molar-refractivity contribution >= 4 is 5.97 Å². The van der Waals surface area contributed by atoms with Gasteiger partial charge < -0.3 is 9.52 Å². The molecule has 1 heterocycles. The number of aryl methyl sites for hydroxylation is 1. The molecule has 4 nitrogen and oxygen atoms in total. The van der Waals surface area contributed by atoms with E-state index >= 15 is 0 Å². The summed E-state index contributed by atoms with van der Waals surface area (Å²) in [4.78, 5) is 11.5. The first-order valence-corrected chi connectivity index (χ1v) is 6.21. The lowest BCUT2D eigenvalue weighted by Gasteiger charge is -2.26. The third-order valence-electron chi connectivity index (χ3n) is 3.26. The zero-order valence-electron chi connectivity index (χ0n) is 11.3. The molecule has 5 heteroatoms. The van der Waals surface area contributed by atoms with Crippen LogP contribution in [-0.2, 0) is 16.9 Å². The summed E-state index contributed by atoms with van der Waals surface area (Å²) in [6, 6.07) is 9.01. The maximum absolute atomic E-state index is 12.9. The van der Waals surface area contributed by atoms with Crippen LogP contribution in [0, 0.1) is 12.7 Å². The fraction of sp³-hybridized carbons (Fsp3) is 0.267. The number of carboxylic acid groups (broad SMARTS) is 1. The highest BCUT2D eigenvalue weighted by Gasteiger charge is 2.34. The Labute approximate surface area is 116 Å². The smallest absolute Gasteiger partial charge is 0.328 e. The van der Waals surface area contributed by atoms with E-state index in [9.17, 15) is 14.3 Å². The van der Waals surface area contributed by atoms with Gasteiger partial charge in [0.2, 0.25) is 0 Å². The first-order chi connectivity index (χ1) is 9.41. The van der Waals surface area contributed by atoms with Gasteiger partial charge in [0.05, 0.1) is 6.54 Å². The van der Waals surface area contributed by atoms with Gasteiger partial charge in [0.25, 0.3) is 0 Å². The van der Waals surface area contributed by atoms with Gasteiger partial charge in [0, 0.05) is 0 Å². The molecule has 0 saturated heterocycles. The zero-order valence-corrected chi connectivity index (χ0v) is 11.3. The Hall–Kier alpha value is -2.14. The first kappa shape index (κ1) is 14.3. The molecule has 0 spiro atoms. The molecule has 2 N–H and O–H groups in total. The number of rotatable bonds is 5. The van der Waals surface area contributed by atoms with Gasteiger partial charge in [0.1, 0.15) is 22.9 Å². The van der Waals surface area contributed by atoms with Crippen LogP contribution in [0.4, 0.5) is 4.39 Å². The summed E-state index contributed by atoms with van der Waals surface area (Å²) in [6.07, 6.45) is 0. The molecule has 2 rings (SSSR count). The highest BCUT2D eigenvalue weighted by molar-refractivity contribution is 5.80. The highest BCUT2D eigenvalue weighted by atomic mass is 19.1. The molecule has 0 radical (unpaired) electrons. The Morgan fingerprint density at radius 3 is 2.45 bits per heavy atom. The molecular formula is C15H16FNO3. The topological polar surface area (TPSA) is 62.5 Å². The van der Waals surface area contributed by atoms with Crippen molar-refractivity contribution in [3.05, 3.63) is 59.3 Å². The molecule has 2 aromatic rings. The van der Waals surface area contributed by atoms with Crippen molar-refractivity contribution in [2.24, 2.45) is 0 Å². The van der Waals surface area contributed by atoms with Crippen LogP contribution in [0.1, 0.15) is 24.0 Å². The summed E-state index contributed by atoms with van der Waals surface area (Å²) < 4.78 is 18.3. The van der Waals surface area contributed by atoms with Gasteiger partial charge in [-0.25, -0.2) is 9.18 Å². The van der Waals surface area contributed by atoms with Gasteiger partial charge in [-0.05, 0) is 43.7 Å². The number of carbonyl (C=O) groups is 1. The van der Waals surface area contributed by atoms with Crippen molar-refractivity contribution < 1.29 is 18.7 Å². The van der Waals surface area contributed by atoms with Crippen LogP contribution in [0.15, 0.2) is 40.8 Å². The van der Waals surface area contributed by atoms with E-state index in [2.05, 4.69) is 5.32 Å². The Morgan fingerprint density at radius 2 is 1.95 bits per heavy atom. The third kappa shape index (κ3) is 2.88. The maximum Gasteiger partial charge on any atom is 0.328 e. The van der Waals surface area contributed by atoms with Crippen molar-refractivity contribution in [2.45, 2.75) is 25.9 Å². The second-order valence-electron chi connectivity index (χ2n) is 4.80. The molecule has 1 atom stereocenters. The summed E-state index contributed by atoms with van der Waals surface area (Å²) in [6.45, 7) is 3.63. The van der Waals surface area contributed by atoms with Crippen molar-refractivity contribution in [1.29, 1.82) is 0 Å². The molecule has 0 bridgehead atoms. The van der Waals surface area contributed by atoms with E-state index in [1.54, 1.807) is 13.0 Å². The number of nitrogens with one attached hydrogen (secondary N) is 1. The summed E-state index contributed by atoms with van der Waals surface area (Å²) >= 11 is 0. The second kappa shape index (κ2) is 5.46. The quantitative estimate of drug-likeness (QED) is 0.882. The minimum atomic E-state index is -1.31. The van der Waals surface area contributed by atoms with Crippen LogP contribution in [-0.4, -0.2) is 11.1 Å². The van der Waals surface area contributed by atoms with Crippen LogP contribution in [0.3, 0.4) is 0 Å². The van der Waals surface area contributed by atoms with Gasteiger partial charge in [-0.1, -0.05) is 12.1 Å². The number of furan rings is 1. The predicted molar refractivity (Wildman–Crippen MR) is 71.7 cm³/mol. The van der Waals surface area contributed by atoms with Crippen LogP contribution < -0.4 is 5.32 Å². The van der Waals surface area contributed by atoms with Crippen molar-refractivity contribution in [3.63, 3.8) is 0 Å². The van der Waals surface area contributed by atoms with Gasteiger partial charge in [-0.2, -0.15) is 0 Å². The van der Waals surface area contributed by atoms with Gasteiger partial charge in [-0.3, -0.25) is 5.32 Å². The molecule has 1 aromatic carbocycles. The fourth-order valence-corrected chi connectivity index (χ4v) is 1.93. The summed E-state index contributed by atoms with van der Waals surface area (Å²) in [5.74, 6) is -0.0202. The van der Waals surface area contributed by atoms with E-state index in [-0.39, 0.29) is 6.54 Å². The van der Waals surface area contributed by atoms with E-state index in [0.29, 0.717) is 11.3 Å². The van der Waals surface area contributed by atoms with Crippen LogP contribution in [0.5, 0.6) is 0 Å². The lowest BCUT2D eigenvalue weighted by Crippen LogP contribution is -2.46. The van der Waals surface area contributed by atoms with E-state index in [1.807, 2.05) is 13.0 Å². The lowest BCUT2D eigenvalue weighted by atomic mass is 9.92. The summed E-state index contributed by atoms with van der Waals surface area (Å²) in [7, 11) is 0. The normalized spacial score (nSPS) is 13.9. The number of hydrogen-bond acceptors (Lipinski definition) is 3. The number of halogens is 1. The highest BCUT2D eigenvalue weighted by Crippen LogP contribution is 2.22. The Balaban J connectivity index is 2.21. The number of carboxylic acids is 1. The molecule has 1 unspecified atom stereocenters. The molecule has 106 valence electrons. The van der Waals surface area contributed by atoms with Gasteiger partial charge in [-0.15, -0.1) is 0 Å². The number of benzene rings is 1. The molecule has 0 aliphatic carbocycles. The fourth-order valence-electron chi connectivity index (χ4n) is 1.93. The third-order valence-corrected chi connectivity index (χ3v) is 3.26. The number of hydrogen-bond donors (Lipinski definition) is 2. The van der Waals surface area contributed by atoms with E-state index in [1.165, 1.54) is 24.3 Å². The molecule has 0 amide bonds. The molecule has 1 aromatic heterocycles. The Morgan fingerprint density at radius 1 is 1.30 bits per heavy atom. The Bertz CT molecular complexity index is 606. The average molecular weight is 277 g/mol. The summed E-state index contributed by atoms with van der Waals surface area (Å²) in [5, 5.41) is 12.4. The second-order valence-corrected chi connectivity index (χ2v) is 4.80. The molecule has 0 aliphatic heterocycles. The SMILES string of the molecule is Cc1ccc(CNC(C)(C(=O)O)c2ccc(F)cc2)o1. The van der Waals surface area contributed by atoms with Crippen molar-refractivity contribution in [2.75, 3.05) is 0 Å². The predicted octanol–water partition coefficient (Wildman–Crippen LogP) is 2.82. The van der Waals surface area contributed by atoms with Crippen molar-refractivity contribution in [1.82, 2.24) is 5.32 Å². The molecular weight excluding hydrogens is 261 g/mol. The molecule has 0 aliphatic rings. The van der Waals surface area contributed by atoms with E-state index in [4.69, 9.17) is 4.42 Å². The van der Waals surface area contributed by atoms with Gasteiger partial charge in [0.15, 0.2) is 0 Å². The first-order valence-electron chi connectivity index (χ1n) is 6.21. The monoisotopic (exact) mass is 277 g/mol. The summed E-state index contributed by atoms with van der Waals surface area (Å²) in [5.41, 5.74) is -0.830.